The highest BCUT2D eigenvalue weighted by molar-refractivity contribution is 5.98. The molecule has 1 aromatic carbocycles. The molecule has 0 amide bonds. The van der Waals surface area contributed by atoms with E-state index in [-0.39, 0.29) is 5.78 Å². The number of hydrogen-bond acceptors (Lipinski definition) is 3. The van der Waals surface area contributed by atoms with Gasteiger partial charge in [0.25, 0.3) is 0 Å². The molecule has 2 aromatic rings. The van der Waals surface area contributed by atoms with Crippen LogP contribution in [0, 0.1) is 5.92 Å². The molecule has 0 spiro atoms. The van der Waals surface area contributed by atoms with Crippen molar-refractivity contribution >= 4 is 16.8 Å². The van der Waals surface area contributed by atoms with E-state index in [1.807, 2.05) is 30.3 Å². The first-order valence-electron chi connectivity index (χ1n) is 7.85. The zero-order valence-corrected chi connectivity index (χ0v) is 12.8. The van der Waals surface area contributed by atoms with E-state index in [0.29, 0.717) is 18.3 Å². The van der Waals surface area contributed by atoms with Crippen molar-refractivity contribution in [3.8, 4) is 0 Å². The number of carbonyl (C=O) groups is 1. The molecule has 0 saturated heterocycles. The summed E-state index contributed by atoms with van der Waals surface area (Å²) in [6, 6.07) is 10.1. The maximum atomic E-state index is 12.4. The van der Waals surface area contributed by atoms with E-state index in [1.165, 1.54) is 25.7 Å². The van der Waals surface area contributed by atoms with Crippen molar-refractivity contribution < 1.29 is 9.21 Å². The Bertz CT molecular complexity index is 598. The minimum Gasteiger partial charge on any atom is -0.453 e. The second-order valence-electron chi connectivity index (χ2n) is 6.41. The van der Waals surface area contributed by atoms with Crippen molar-refractivity contribution in [2.45, 2.75) is 38.6 Å². The van der Waals surface area contributed by atoms with Gasteiger partial charge in [-0.15, -0.1) is 0 Å². The van der Waals surface area contributed by atoms with Gasteiger partial charge in [0.1, 0.15) is 5.58 Å². The Balaban J connectivity index is 1.67. The normalized spacial score (nSPS) is 22.8. The number of fused-ring (bicyclic) bond motifs is 1. The molecule has 1 aromatic heterocycles. The van der Waals surface area contributed by atoms with Gasteiger partial charge in [-0.3, -0.25) is 9.69 Å². The standard InChI is InChI=1S/C18H23NO2/c1-13-6-5-8-15(10-13)19(2)12-16(20)18-11-14-7-3-4-9-17(14)21-18/h3-4,7,9,11,13,15H,5-6,8,10,12H2,1-2H3. The van der Waals surface area contributed by atoms with E-state index >= 15 is 0 Å². The molecule has 1 saturated carbocycles. The zero-order chi connectivity index (χ0) is 14.8. The van der Waals surface area contributed by atoms with Gasteiger partial charge in [-0.1, -0.05) is 38.0 Å². The van der Waals surface area contributed by atoms with Crippen LogP contribution in [0.15, 0.2) is 34.7 Å². The first-order chi connectivity index (χ1) is 10.1. The lowest BCUT2D eigenvalue weighted by Gasteiger charge is -2.33. The third-order valence-corrected chi connectivity index (χ3v) is 4.63. The third kappa shape index (κ3) is 3.18. The third-order valence-electron chi connectivity index (χ3n) is 4.63. The van der Waals surface area contributed by atoms with E-state index in [2.05, 4.69) is 18.9 Å². The van der Waals surface area contributed by atoms with Gasteiger partial charge >= 0.3 is 0 Å². The monoisotopic (exact) mass is 285 g/mol. The van der Waals surface area contributed by atoms with Crippen molar-refractivity contribution in [3.63, 3.8) is 0 Å². The minimum absolute atomic E-state index is 0.0759. The highest BCUT2D eigenvalue weighted by atomic mass is 16.3. The largest absolute Gasteiger partial charge is 0.453 e. The molecular formula is C18H23NO2. The van der Waals surface area contributed by atoms with Gasteiger partial charge in [0.15, 0.2) is 5.76 Å². The van der Waals surface area contributed by atoms with Gasteiger partial charge in [-0.05, 0) is 37.9 Å². The Morgan fingerprint density at radius 1 is 1.33 bits per heavy atom. The second kappa shape index (κ2) is 6.02. The van der Waals surface area contributed by atoms with Crippen LogP contribution in [0.2, 0.25) is 0 Å². The average Bonchev–Trinajstić information content (AvgIpc) is 2.91. The molecule has 21 heavy (non-hydrogen) atoms. The Morgan fingerprint density at radius 2 is 2.14 bits per heavy atom. The van der Waals surface area contributed by atoms with Crippen LogP contribution in [0.5, 0.6) is 0 Å². The first-order valence-corrected chi connectivity index (χ1v) is 7.85. The molecule has 3 heteroatoms. The van der Waals surface area contributed by atoms with Crippen LogP contribution < -0.4 is 0 Å². The van der Waals surface area contributed by atoms with Crippen LogP contribution in [-0.4, -0.2) is 30.3 Å². The summed E-state index contributed by atoms with van der Waals surface area (Å²) in [6.07, 6.45) is 5.00. The number of para-hydroxylation sites is 1. The van der Waals surface area contributed by atoms with Gasteiger partial charge in [0.05, 0.1) is 6.54 Å². The SMILES string of the molecule is CC1CCCC(N(C)CC(=O)c2cc3ccccc3o2)C1. The molecule has 112 valence electrons. The lowest BCUT2D eigenvalue weighted by atomic mass is 9.86. The molecule has 1 aliphatic rings. The number of furan rings is 1. The number of rotatable bonds is 4. The van der Waals surface area contributed by atoms with Gasteiger partial charge in [0.2, 0.25) is 5.78 Å². The quantitative estimate of drug-likeness (QED) is 0.792. The maximum absolute atomic E-state index is 12.4. The van der Waals surface area contributed by atoms with Gasteiger partial charge in [-0.2, -0.15) is 0 Å². The summed E-state index contributed by atoms with van der Waals surface area (Å²) in [5, 5.41) is 0.995. The molecule has 3 nitrogen and oxygen atoms in total. The average molecular weight is 285 g/mol. The van der Waals surface area contributed by atoms with Crippen molar-refractivity contribution in [2.75, 3.05) is 13.6 Å². The summed E-state index contributed by atoms with van der Waals surface area (Å²) in [6.45, 7) is 2.75. The molecule has 1 fully saturated rings. The summed E-state index contributed by atoms with van der Waals surface area (Å²) in [4.78, 5) is 14.6. The van der Waals surface area contributed by atoms with E-state index in [9.17, 15) is 4.79 Å². The fraction of sp³-hybridized carbons (Fsp3) is 0.500. The minimum atomic E-state index is 0.0759. The van der Waals surface area contributed by atoms with E-state index in [1.54, 1.807) is 0 Å². The van der Waals surface area contributed by atoms with Crippen molar-refractivity contribution in [1.29, 1.82) is 0 Å². The van der Waals surface area contributed by atoms with Crippen LogP contribution in [0.25, 0.3) is 11.0 Å². The molecular weight excluding hydrogens is 262 g/mol. The maximum Gasteiger partial charge on any atom is 0.211 e. The van der Waals surface area contributed by atoms with Gasteiger partial charge < -0.3 is 4.42 Å². The van der Waals surface area contributed by atoms with E-state index < -0.39 is 0 Å². The number of likely N-dealkylation sites (N-methyl/N-ethyl adjacent to an activating group) is 1. The molecule has 3 rings (SSSR count). The Labute approximate surface area is 125 Å². The molecule has 2 atom stereocenters. The van der Waals surface area contributed by atoms with E-state index in [4.69, 9.17) is 4.42 Å². The van der Waals surface area contributed by atoms with Crippen LogP contribution in [-0.2, 0) is 0 Å². The van der Waals surface area contributed by atoms with Crippen molar-refractivity contribution in [2.24, 2.45) is 5.92 Å². The Morgan fingerprint density at radius 3 is 2.90 bits per heavy atom. The summed E-state index contributed by atoms with van der Waals surface area (Å²) in [5.74, 6) is 1.33. The van der Waals surface area contributed by atoms with Crippen molar-refractivity contribution in [3.05, 3.63) is 36.1 Å². The van der Waals surface area contributed by atoms with E-state index in [0.717, 1.165) is 16.9 Å². The second-order valence-corrected chi connectivity index (χ2v) is 6.41. The van der Waals surface area contributed by atoms with Crippen LogP contribution >= 0.6 is 0 Å². The topological polar surface area (TPSA) is 33.5 Å². The zero-order valence-electron chi connectivity index (χ0n) is 12.8. The molecule has 1 heterocycles. The fourth-order valence-corrected chi connectivity index (χ4v) is 3.36. The first kappa shape index (κ1) is 14.3. The Hall–Kier alpha value is -1.61. The van der Waals surface area contributed by atoms with Gasteiger partial charge in [0, 0.05) is 11.4 Å². The van der Waals surface area contributed by atoms with Crippen LogP contribution in [0.1, 0.15) is 43.2 Å². The predicted octanol–water partition coefficient (Wildman–Crippen LogP) is 4.13. The van der Waals surface area contributed by atoms with Gasteiger partial charge in [-0.25, -0.2) is 0 Å². The smallest absolute Gasteiger partial charge is 0.211 e. The molecule has 0 bridgehead atoms. The summed E-state index contributed by atoms with van der Waals surface area (Å²) in [5.41, 5.74) is 0.787. The number of hydrogen-bond donors (Lipinski definition) is 0. The summed E-state index contributed by atoms with van der Waals surface area (Å²) < 4.78 is 5.66. The number of ketones is 1. The molecule has 0 aliphatic heterocycles. The van der Waals surface area contributed by atoms with Crippen LogP contribution in [0.4, 0.5) is 0 Å². The fourth-order valence-electron chi connectivity index (χ4n) is 3.36. The molecule has 0 N–H and O–H groups in total. The number of carbonyl (C=O) groups excluding carboxylic acids is 1. The number of benzene rings is 1. The summed E-state index contributed by atoms with van der Waals surface area (Å²) in [7, 11) is 2.06. The highest BCUT2D eigenvalue weighted by Crippen LogP contribution is 2.27. The number of Topliss-reactive ketones (excluding diaryl/α,β-unsaturated/α-hetero) is 1. The predicted molar refractivity (Wildman–Crippen MR) is 84.6 cm³/mol. The molecule has 0 radical (unpaired) electrons. The molecule has 1 aliphatic carbocycles. The lowest BCUT2D eigenvalue weighted by molar-refractivity contribution is 0.0858. The van der Waals surface area contributed by atoms with Crippen molar-refractivity contribution in [1.82, 2.24) is 4.90 Å². The summed E-state index contributed by atoms with van der Waals surface area (Å²) >= 11 is 0. The van der Waals surface area contributed by atoms with Crippen LogP contribution in [0.3, 0.4) is 0 Å². The Kier molecular flexibility index (Phi) is 4.11. The molecule has 2 unspecified atom stereocenters. The number of nitrogens with zero attached hydrogens (tertiary/aromatic N) is 1. The lowest BCUT2D eigenvalue weighted by Crippen LogP contribution is -2.38. The highest BCUT2D eigenvalue weighted by Gasteiger charge is 2.24.